The highest BCUT2D eigenvalue weighted by molar-refractivity contribution is 5.81. The van der Waals surface area contributed by atoms with Gasteiger partial charge in [0.25, 0.3) is 5.91 Å². The fourth-order valence-electron chi connectivity index (χ4n) is 6.44. The molecular weight excluding hydrogens is 654 g/mol. The zero-order valence-corrected chi connectivity index (χ0v) is 28.0. The first-order valence-electron chi connectivity index (χ1n) is 16.7. The molecule has 0 spiro atoms. The lowest BCUT2D eigenvalue weighted by atomic mass is 9.83. The SMILES string of the molecule is CN[C@@H]1C(O)[C@@H](OC2C(O)C(O[C@H]3OC(CNCC(O)C(CO)CO)CCC3N)[C@@H](N)C[C@H]2NC(=O)[C@@H](O)[C@@H](N)[C@@H](O)CN)OCC1(C)O. The van der Waals surface area contributed by atoms with Gasteiger partial charge in [0.05, 0.1) is 62.3 Å². The molecule has 19 N–H and O–H groups in total. The number of aliphatic hydroxyl groups is 8. The van der Waals surface area contributed by atoms with Crippen molar-refractivity contribution in [3.63, 3.8) is 0 Å². The van der Waals surface area contributed by atoms with E-state index in [1.165, 1.54) is 14.0 Å². The normalized spacial score (nSPS) is 39.7. The molecule has 0 radical (unpaired) electrons. The van der Waals surface area contributed by atoms with E-state index in [9.17, 15) is 45.6 Å². The van der Waals surface area contributed by atoms with E-state index in [1.54, 1.807) is 0 Å². The molecule has 49 heavy (non-hydrogen) atoms. The van der Waals surface area contributed by atoms with Gasteiger partial charge in [-0.15, -0.1) is 0 Å². The third kappa shape index (κ3) is 10.7. The number of amides is 1. The molecule has 3 rings (SSSR count). The molecule has 1 saturated carbocycles. The largest absolute Gasteiger partial charge is 0.396 e. The number of rotatable bonds is 17. The van der Waals surface area contributed by atoms with Crippen molar-refractivity contribution >= 4 is 5.91 Å². The summed E-state index contributed by atoms with van der Waals surface area (Å²) in [5.41, 5.74) is 22.5. The maximum absolute atomic E-state index is 13.0. The molecule has 3 aliphatic rings. The van der Waals surface area contributed by atoms with Crippen molar-refractivity contribution in [3.8, 4) is 0 Å². The van der Waals surface area contributed by atoms with Gasteiger partial charge in [0, 0.05) is 31.6 Å². The van der Waals surface area contributed by atoms with Crippen molar-refractivity contribution in [2.75, 3.05) is 46.5 Å². The van der Waals surface area contributed by atoms with Gasteiger partial charge in [0.1, 0.15) is 36.1 Å². The Morgan fingerprint density at radius 2 is 1.65 bits per heavy atom. The molecule has 2 saturated heterocycles. The van der Waals surface area contributed by atoms with Crippen LogP contribution in [0.2, 0.25) is 0 Å². The van der Waals surface area contributed by atoms with Gasteiger partial charge in [0.2, 0.25) is 0 Å². The molecule has 288 valence electrons. The van der Waals surface area contributed by atoms with Gasteiger partial charge in [-0.2, -0.15) is 0 Å². The van der Waals surface area contributed by atoms with Crippen LogP contribution in [0.25, 0.3) is 0 Å². The molecule has 2 heterocycles. The Bertz CT molecular complexity index is 1000. The van der Waals surface area contributed by atoms with Gasteiger partial charge in [0.15, 0.2) is 12.6 Å². The van der Waals surface area contributed by atoms with Crippen LogP contribution in [-0.2, 0) is 23.7 Å². The summed E-state index contributed by atoms with van der Waals surface area (Å²) >= 11 is 0. The predicted octanol–water partition coefficient (Wildman–Crippen LogP) is -8.22. The Morgan fingerprint density at radius 1 is 1.00 bits per heavy atom. The smallest absolute Gasteiger partial charge is 0.250 e. The van der Waals surface area contributed by atoms with Crippen LogP contribution in [0.3, 0.4) is 0 Å². The lowest BCUT2D eigenvalue weighted by Gasteiger charge is -2.49. The maximum atomic E-state index is 13.0. The third-order valence-corrected chi connectivity index (χ3v) is 9.63. The number of aliphatic hydroxyl groups excluding tert-OH is 7. The molecule has 8 unspecified atom stereocenters. The number of hydrogen-bond donors (Lipinski definition) is 15. The van der Waals surface area contributed by atoms with Crippen LogP contribution in [0.15, 0.2) is 0 Å². The topological polar surface area (TPSA) is 356 Å². The van der Waals surface area contributed by atoms with Crippen molar-refractivity contribution in [3.05, 3.63) is 0 Å². The lowest BCUT2D eigenvalue weighted by molar-refractivity contribution is -0.307. The summed E-state index contributed by atoms with van der Waals surface area (Å²) in [7, 11) is 1.53. The number of hydrogen-bond acceptors (Lipinski definition) is 19. The highest BCUT2D eigenvalue weighted by atomic mass is 16.7. The fourth-order valence-corrected chi connectivity index (χ4v) is 6.44. The number of ether oxygens (including phenoxy) is 4. The van der Waals surface area contributed by atoms with E-state index in [0.717, 1.165) is 0 Å². The van der Waals surface area contributed by atoms with Gasteiger partial charge in [-0.1, -0.05) is 0 Å². The minimum Gasteiger partial charge on any atom is -0.396 e. The first-order chi connectivity index (χ1) is 23.1. The fraction of sp³-hybridized carbons (Fsp3) is 0.966. The van der Waals surface area contributed by atoms with E-state index in [0.29, 0.717) is 12.8 Å². The van der Waals surface area contributed by atoms with Crippen molar-refractivity contribution in [1.29, 1.82) is 0 Å². The average Bonchev–Trinajstić information content (AvgIpc) is 3.06. The van der Waals surface area contributed by atoms with Crippen LogP contribution < -0.4 is 38.9 Å². The highest BCUT2D eigenvalue weighted by Crippen LogP contribution is 2.32. The monoisotopic (exact) mass is 713 g/mol. The third-order valence-electron chi connectivity index (χ3n) is 9.63. The first-order valence-corrected chi connectivity index (χ1v) is 16.7. The van der Waals surface area contributed by atoms with Crippen LogP contribution in [0, 0.1) is 5.92 Å². The van der Waals surface area contributed by atoms with E-state index in [4.69, 9.17) is 41.9 Å². The summed E-state index contributed by atoms with van der Waals surface area (Å²) < 4.78 is 24.0. The van der Waals surface area contributed by atoms with Crippen LogP contribution in [0.5, 0.6) is 0 Å². The van der Waals surface area contributed by atoms with E-state index in [-0.39, 0.29) is 45.9 Å². The number of carbonyl (C=O) groups excluding carboxylic acids is 1. The summed E-state index contributed by atoms with van der Waals surface area (Å²) in [5, 5.41) is 91.0. The summed E-state index contributed by atoms with van der Waals surface area (Å²) in [6.45, 7) is 0.522. The van der Waals surface area contributed by atoms with E-state index in [2.05, 4.69) is 16.0 Å². The summed E-state index contributed by atoms with van der Waals surface area (Å²) in [5.74, 6) is -1.70. The summed E-state index contributed by atoms with van der Waals surface area (Å²) in [6.07, 6.45) is -11.7. The Hall–Kier alpha value is -1.25. The molecule has 1 amide bonds. The van der Waals surface area contributed by atoms with E-state index >= 15 is 0 Å². The highest BCUT2D eigenvalue weighted by Gasteiger charge is 2.52. The molecule has 0 aromatic rings. The molecule has 1 aliphatic carbocycles. The van der Waals surface area contributed by atoms with Crippen molar-refractivity contribution in [1.82, 2.24) is 16.0 Å². The number of carbonyl (C=O) groups is 1. The van der Waals surface area contributed by atoms with Crippen LogP contribution >= 0.6 is 0 Å². The lowest BCUT2D eigenvalue weighted by Crippen LogP contribution is -2.70. The summed E-state index contributed by atoms with van der Waals surface area (Å²) in [4.78, 5) is 13.0. The molecule has 3 fully saturated rings. The van der Waals surface area contributed by atoms with Crippen LogP contribution in [-0.4, -0.2) is 190 Å². The van der Waals surface area contributed by atoms with Gasteiger partial charge >= 0.3 is 0 Å². The standard InChI is InChI=1S/C29H59N7O13/c1-29(45)11-46-28(22(43)25(29)34-2)49-24-16(36-26(44)20(41)19(33)17(39)6-30)5-15(32)23(21(24)42)48-27-14(31)4-3-13(47-27)7-35-8-18(40)12(9-37)10-38/h12-25,27-28,34-35,37-43,45H,3-11,30-33H2,1-2H3,(H,36,44)/t13?,14?,15-,16+,17-,18?,19-,20-,21?,22?,23?,24?,25+,27+,28+,29?/m0/s1. The van der Waals surface area contributed by atoms with Crippen LogP contribution in [0.1, 0.15) is 26.2 Å². The second-order valence-corrected chi connectivity index (χ2v) is 13.5. The van der Waals surface area contributed by atoms with Crippen molar-refractivity contribution < 1.29 is 64.6 Å². The molecule has 20 nitrogen and oxygen atoms in total. The predicted molar refractivity (Wildman–Crippen MR) is 171 cm³/mol. The van der Waals surface area contributed by atoms with Gasteiger partial charge in [-0.25, -0.2) is 0 Å². The number of likely N-dealkylation sites (N-methyl/N-ethyl adjacent to an activating group) is 1. The Kier molecular flexibility index (Phi) is 16.4. The molecule has 20 heteroatoms. The van der Waals surface area contributed by atoms with Gasteiger partial charge in [-0.05, 0) is 33.2 Å². The zero-order chi connectivity index (χ0) is 36.6. The number of nitrogens with one attached hydrogen (secondary N) is 3. The quantitative estimate of drug-likeness (QED) is 0.0665. The summed E-state index contributed by atoms with van der Waals surface area (Å²) in [6, 6.07) is -4.97. The molecule has 16 atom stereocenters. The number of nitrogens with two attached hydrogens (primary N) is 4. The minimum atomic E-state index is -1.89. The van der Waals surface area contributed by atoms with Crippen molar-refractivity contribution in [2.24, 2.45) is 28.9 Å². The molecule has 2 aliphatic heterocycles. The maximum Gasteiger partial charge on any atom is 0.250 e. The van der Waals surface area contributed by atoms with Gasteiger partial charge in [-0.3, -0.25) is 4.79 Å². The van der Waals surface area contributed by atoms with Gasteiger partial charge < -0.3 is 98.7 Å². The molecular formula is C29H59N7O13. The second kappa shape index (κ2) is 19.0. The second-order valence-electron chi connectivity index (χ2n) is 13.5. The average molecular weight is 714 g/mol. The first kappa shape index (κ1) is 42.2. The Morgan fingerprint density at radius 3 is 2.27 bits per heavy atom. The van der Waals surface area contributed by atoms with E-state index < -0.39 is 109 Å². The zero-order valence-electron chi connectivity index (χ0n) is 28.0. The molecule has 0 bridgehead atoms. The molecule has 0 aromatic heterocycles. The minimum absolute atomic E-state index is 0.0722. The van der Waals surface area contributed by atoms with Crippen molar-refractivity contribution in [2.45, 2.75) is 123 Å². The van der Waals surface area contributed by atoms with E-state index in [1.807, 2.05) is 0 Å². The molecule has 0 aromatic carbocycles. The Balaban J connectivity index is 1.76. The Labute approximate surface area is 285 Å². The van der Waals surface area contributed by atoms with Crippen LogP contribution in [0.4, 0.5) is 0 Å².